The summed E-state index contributed by atoms with van der Waals surface area (Å²) in [5, 5.41) is 2.33. The fraction of sp³-hybridized carbons (Fsp3) is 0.310. The Bertz CT molecular complexity index is 1290. The Balaban J connectivity index is 1.34. The first-order valence-electron chi connectivity index (χ1n) is 12.4. The third kappa shape index (κ3) is 4.15. The summed E-state index contributed by atoms with van der Waals surface area (Å²) in [6, 6.07) is 23.1. The van der Waals surface area contributed by atoms with Crippen molar-refractivity contribution in [2.75, 3.05) is 27.3 Å². The number of hydrazine groups is 1. The molecule has 3 aromatic carbocycles. The molecule has 3 heterocycles. The molecule has 0 saturated carbocycles. The summed E-state index contributed by atoms with van der Waals surface area (Å²) in [6.07, 6.45) is 4.13. The van der Waals surface area contributed by atoms with Crippen molar-refractivity contribution in [2.45, 2.75) is 31.2 Å². The van der Waals surface area contributed by atoms with E-state index in [0.717, 1.165) is 71.0 Å². The van der Waals surface area contributed by atoms with Crippen LogP contribution in [-0.4, -0.2) is 38.0 Å². The summed E-state index contributed by atoms with van der Waals surface area (Å²) in [5.41, 5.74) is 7.90. The van der Waals surface area contributed by atoms with Gasteiger partial charge in [0, 0.05) is 21.2 Å². The number of quaternary nitrogens is 1. The Labute approximate surface area is 220 Å². The van der Waals surface area contributed by atoms with Crippen LogP contribution in [0.15, 0.2) is 77.3 Å². The first-order chi connectivity index (χ1) is 17.6. The highest BCUT2D eigenvalue weighted by molar-refractivity contribution is 9.10. The van der Waals surface area contributed by atoms with Crippen molar-refractivity contribution in [2.24, 2.45) is 0 Å². The molecular weight excluding hydrogens is 518 g/mol. The topological polar surface area (TPSA) is 47.4 Å². The number of piperidine rings is 1. The van der Waals surface area contributed by atoms with Crippen LogP contribution in [0.4, 0.5) is 0 Å². The zero-order chi connectivity index (χ0) is 24.7. The average molecular weight is 549 g/mol. The molecule has 0 aliphatic carbocycles. The smallest absolute Gasteiger partial charge is 0.191 e. The van der Waals surface area contributed by atoms with Crippen LogP contribution >= 0.6 is 15.9 Å². The highest BCUT2D eigenvalue weighted by Crippen LogP contribution is 2.52. The average Bonchev–Trinajstić information content (AvgIpc) is 3.38. The van der Waals surface area contributed by atoms with Gasteiger partial charge in [0.25, 0.3) is 0 Å². The van der Waals surface area contributed by atoms with Gasteiger partial charge >= 0.3 is 0 Å². The molecule has 186 valence electrons. The van der Waals surface area contributed by atoms with Gasteiger partial charge in [0.1, 0.15) is 12.3 Å². The summed E-state index contributed by atoms with van der Waals surface area (Å²) in [6.45, 7) is 3.10. The second-order valence-corrected chi connectivity index (χ2v) is 10.6. The molecule has 1 fully saturated rings. The van der Waals surface area contributed by atoms with Crippen molar-refractivity contribution in [1.82, 2.24) is 10.4 Å². The molecule has 0 bridgehead atoms. The molecular formula is C29H31BrN3O3+. The van der Waals surface area contributed by atoms with Crippen molar-refractivity contribution in [3.05, 3.63) is 94.0 Å². The van der Waals surface area contributed by atoms with E-state index < -0.39 is 5.72 Å². The minimum atomic E-state index is -0.462. The van der Waals surface area contributed by atoms with Gasteiger partial charge in [-0.2, -0.15) is 5.01 Å². The maximum absolute atomic E-state index is 6.93. The molecule has 3 aliphatic rings. The molecule has 0 amide bonds. The summed E-state index contributed by atoms with van der Waals surface area (Å²) < 4.78 is 19.2. The standard InChI is InChI=1S/C29H30BrN3O3/c1-34-23-10-6-9-21(15-23)25-18-26-24-16-22(30)17-27(35-2)28(24)36-29(33(26)31-25)11-13-32(14-12-29)19-20-7-4-3-5-8-20/h3-10,15-18,26,31H,11-14,19H2,1-2H3/p+1. The Morgan fingerprint density at radius 3 is 2.58 bits per heavy atom. The van der Waals surface area contributed by atoms with Gasteiger partial charge in [0.2, 0.25) is 0 Å². The number of rotatable bonds is 5. The van der Waals surface area contributed by atoms with E-state index in [2.05, 4.69) is 81.0 Å². The lowest BCUT2D eigenvalue weighted by molar-refractivity contribution is -0.921. The molecule has 0 aromatic heterocycles. The second-order valence-electron chi connectivity index (χ2n) is 9.73. The molecule has 0 radical (unpaired) electrons. The number of halogens is 1. The lowest BCUT2D eigenvalue weighted by Gasteiger charge is -2.50. The van der Waals surface area contributed by atoms with Gasteiger partial charge < -0.3 is 24.5 Å². The van der Waals surface area contributed by atoms with Crippen LogP contribution in [0.2, 0.25) is 0 Å². The first-order valence-corrected chi connectivity index (χ1v) is 13.2. The second kappa shape index (κ2) is 9.47. The van der Waals surface area contributed by atoms with Crippen LogP contribution in [0.3, 0.4) is 0 Å². The van der Waals surface area contributed by atoms with E-state index in [0.29, 0.717) is 0 Å². The molecule has 1 saturated heterocycles. The number of ether oxygens (including phenoxy) is 3. The van der Waals surface area contributed by atoms with Crippen LogP contribution in [0.5, 0.6) is 17.2 Å². The van der Waals surface area contributed by atoms with Crippen molar-refractivity contribution in [3.63, 3.8) is 0 Å². The molecule has 1 unspecified atom stereocenters. The highest BCUT2D eigenvalue weighted by Gasteiger charge is 2.53. The van der Waals surface area contributed by atoms with Gasteiger partial charge in [0.05, 0.1) is 51.9 Å². The van der Waals surface area contributed by atoms with Gasteiger partial charge in [-0.15, -0.1) is 0 Å². The minimum Gasteiger partial charge on any atom is -0.497 e. The summed E-state index contributed by atoms with van der Waals surface area (Å²) in [4.78, 5) is 1.58. The predicted octanol–water partition coefficient (Wildman–Crippen LogP) is 4.34. The zero-order valence-corrected chi connectivity index (χ0v) is 22.2. The molecule has 1 atom stereocenters. The van der Waals surface area contributed by atoms with Crippen LogP contribution in [0.25, 0.3) is 5.70 Å². The van der Waals surface area contributed by atoms with Crippen LogP contribution in [0, 0.1) is 0 Å². The predicted molar refractivity (Wildman–Crippen MR) is 143 cm³/mol. The van der Waals surface area contributed by atoms with E-state index in [1.807, 2.05) is 18.2 Å². The van der Waals surface area contributed by atoms with Crippen molar-refractivity contribution >= 4 is 21.6 Å². The van der Waals surface area contributed by atoms with E-state index in [4.69, 9.17) is 14.2 Å². The SMILES string of the molecule is COc1cccc(C2=CC3c4cc(Br)cc(OC)c4OC4(CC[NH+](Cc5ccccc5)CC4)N3N2)c1. The Morgan fingerprint density at radius 2 is 1.83 bits per heavy atom. The number of hydrogen-bond donors (Lipinski definition) is 2. The monoisotopic (exact) mass is 548 g/mol. The molecule has 3 aliphatic heterocycles. The molecule has 6 nitrogen and oxygen atoms in total. The summed E-state index contributed by atoms with van der Waals surface area (Å²) in [5.74, 6) is 2.45. The number of nitrogens with zero attached hydrogens (tertiary/aromatic N) is 1. The number of nitrogens with one attached hydrogen (secondary N) is 2. The number of fused-ring (bicyclic) bond motifs is 4. The van der Waals surface area contributed by atoms with Crippen molar-refractivity contribution < 1.29 is 19.1 Å². The third-order valence-corrected chi connectivity index (χ3v) is 8.04. The van der Waals surface area contributed by atoms with E-state index in [9.17, 15) is 0 Å². The quantitative estimate of drug-likeness (QED) is 0.496. The molecule has 6 rings (SSSR count). The molecule has 3 aromatic rings. The van der Waals surface area contributed by atoms with Crippen molar-refractivity contribution in [1.29, 1.82) is 0 Å². The fourth-order valence-corrected chi connectivity index (χ4v) is 6.17. The largest absolute Gasteiger partial charge is 0.497 e. The zero-order valence-electron chi connectivity index (χ0n) is 20.6. The maximum Gasteiger partial charge on any atom is 0.191 e. The van der Waals surface area contributed by atoms with Gasteiger partial charge in [-0.25, -0.2) is 0 Å². The van der Waals surface area contributed by atoms with Gasteiger partial charge in [-0.1, -0.05) is 58.4 Å². The Hall–Kier alpha value is -3.00. The molecule has 7 heteroatoms. The maximum atomic E-state index is 6.93. The van der Waals surface area contributed by atoms with E-state index >= 15 is 0 Å². The van der Waals surface area contributed by atoms with Gasteiger partial charge in [-0.05, 0) is 30.3 Å². The summed E-state index contributed by atoms with van der Waals surface area (Å²) >= 11 is 3.67. The molecule has 1 spiro atoms. The van der Waals surface area contributed by atoms with Gasteiger partial charge in [-0.3, -0.25) is 0 Å². The highest BCUT2D eigenvalue weighted by atomic mass is 79.9. The number of methoxy groups -OCH3 is 2. The van der Waals surface area contributed by atoms with E-state index in [1.54, 1.807) is 19.1 Å². The van der Waals surface area contributed by atoms with Crippen LogP contribution in [0.1, 0.15) is 35.6 Å². The summed E-state index contributed by atoms with van der Waals surface area (Å²) in [7, 11) is 3.41. The van der Waals surface area contributed by atoms with Crippen LogP contribution in [-0.2, 0) is 6.54 Å². The molecule has 36 heavy (non-hydrogen) atoms. The van der Waals surface area contributed by atoms with Gasteiger partial charge in [0.15, 0.2) is 17.2 Å². The van der Waals surface area contributed by atoms with Crippen LogP contribution < -0.4 is 24.5 Å². The van der Waals surface area contributed by atoms with Crippen molar-refractivity contribution in [3.8, 4) is 17.2 Å². The minimum absolute atomic E-state index is 0.0250. The lowest BCUT2D eigenvalue weighted by Crippen LogP contribution is -3.12. The van der Waals surface area contributed by atoms with E-state index in [1.165, 1.54) is 5.56 Å². The van der Waals surface area contributed by atoms with E-state index in [-0.39, 0.29) is 6.04 Å². The Kier molecular flexibility index (Phi) is 6.15. The Morgan fingerprint density at radius 1 is 1.03 bits per heavy atom. The molecule has 2 N–H and O–H groups in total. The number of hydrogen-bond acceptors (Lipinski definition) is 5. The first kappa shape index (κ1) is 23.4. The fourth-order valence-electron chi connectivity index (χ4n) is 5.71. The third-order valence-electron chi connectivity index (χ3n) is 7.58. The normalized spacial score (nSPS) is 24.8. The number of benzene rings is 3. The number of likely N-dealkylation sites (tertiary alicyclic amines) is 1. The lowest BCUT2D eigenvalue weighted by atomic mass is 9.92.